The number of aromatic nitrogens is 2. The predicted octanol–water partition coefficient (Wildman–Crippen LogP) is 2.84. The molecule has 1 atom stereocenters. The molecule has 19 heavy (non-hydrogen) atoms. The second kappa shape index (κ2) is 5.17. The molecule has 0 aliphatic heterocycles. The lowest BCUT2D eigenvalue weighted by Crippen LogP contribution is -2.25. The van der Waals surface area contributed by atoms with E-state index in [0.717, 1.165) is 23.3 Å². The third-order valence-corrected chi connectivity index (χ3v) is 4.82. The average Bonchev–Trinajstić information content (AvgIpc) is 3.07. The number of fused-ring (bicyclic) bond motifs is 1. The Morgan fingerprint density at radius 3 is 3.05 bits per heavy atom. The van der Waals surface area contributed by atoms with Gasteiger partial charge in [0.05, 0.1) is 17.1 Å². The number of nitrogens with one attached hydrogen (secondary N) is 2. The Labute approximate surface area is 116 Å². The Morgan fingerprint density at radius 1 is 1.47 bits per heavy atom. The lowest BCUT2D eigenvalue weighted by Gasteiger charge is -2.10. The topological polar surface area (TPSA) is 57.8 Å². The number of carbonyl (C=O) groups is 1. The summed E-state index contributed by atoms with van der Waals surface area (Å²) in [6.07, 6.45) is 8.30. The van der Waals surface area contributed by atoms with Crippen LogP contribution in [0.2, 0.25) is 0 Å². The van der Waals surface area contributed by atoms with Gasteiger partial charge in [0.25, 0.3) is 5.91 Å². The summed E-state index contributed by atoms with van der Waals surface area (Å²) in [5, 5.41) is 9.69. The van der Waals surface area contributed by atoms with E-state index in [1.807, 2.05) is 13.1 Å². The maximum absolute atomic E-state index is 12.2. The van der Waals surface area contributed by atoms with Gasteiger partial charge in [-0.25, -0.2) is 0 Å². The van der Waals surface area contributed by atoms with Gasteiger partial charge in [-0.05, 0) is 44.2 Å². The van der Waals surface area contributed by atoms with Gasteiger partial charge in [-0.2, -0.15) is 5.10 Å². The average molecular weight is 275 g/mol. The van der Waals surface area contributed by atoms with E-state index in [-0.39, 0.29) is 11.9 Å². The van der Waals surface area contributed by atoms with Gasteiger partial charge in [-0.15, -0.1) is 11.3 Å². The highest BCUT2D eigenvalue weighted by molar-refractivity contribution is 7.14. The molecule has 1 aliphatic rings. The number of aryl methyl sites for hydroxylation is 2. The molecule has 0 radical (unpaired) electrons. The van der Waals surface area contributed by atoms with Crippen LogP contribution in [0.4, 0.5) is 0 Å². The molecule has 2 aromatic heterocycles. The third kappa shape index (κ3) is 2.56. The van der Waals surface area contributed by atoms with E-state index in [9.17, 15) is 4.79 Å². The number of hydrogen-bond acceptors (Lipinski definition) is 3. The molecule has 4 nitrogen and oxygen atoms in total. The summed E-state index contributed by atoms with van der Waals surface area (Å²) in [6.45, 7) is 1.97. The predicted molar refractivity (Wildman–Crippen MR) is 75.4 cm³/mol. The summed E-state index contributed by atoms with van der Waals surface area (Å²) < 4.78 is 0. The fourth-order valence-corrected chi connectivity index (χ4v) is 3.61. The van der Waals surface area contributed by atoms with Crippen LogP contribution in [0.5, 0.6) is 0 Å². The number of nitrogens with zero attached hydrogens (tertiary/aromatic N) is 1. The van der Waals surface area contributed by atoms with Crippen LogP contribution in [0.3, 0.4) is 0 Å². The van der Waals surface area contributed by atoms with Crippen molar-refractivity contribution in [2.45, 2.75) is 38.6 Å². The minimum atomic E-state index is -0.0228. The summed E-state index contributed by atoms with van der Waals surface area (Å²) in [5.41, 5.74) is 2.37. The Kier molecular flexibility index (Phi) is 3.38. The molecule has 2 heterocycles. The first-order valence-electron chi connectivity index (χ1n) is 6.65. The van der Waals surface area contributed by atoms with E-state index >= 15 is 0 Å². The van der Waals surface area contributed by atoms with E-state index in [0.29, 0.717) is 0 Å². The monoisotopic (exact) mass is 275 g/mol. The molecular formula is C14H17N3OS. The Bertz CT molecular complexity index is 550. The van der Waals surface area contributed by atoms with Crippen molar-refractivity contribution in [1.82, 2.24) is 15.5 Å². The maximum Gasteiger partial charge on any atom is 0.261 e. The van der Waals surface area contributed by atoms with Gasteiger partial charge in [0.15, 0.2) is 0 Å². The Morgan fingerprint density at radius 2 is 2.32 bits per heavy atom. The van der Waals surface area contributed by atoms with Crippen LogP contribution >= 0.6 is 11.3 Å². The SMILES string of the molecule is CC(NC(=O)c1cc2c(s1)CCCC2)c1cn[nH]c1. The third-order valence-electron chi connectivity index (χ3n) is 3.59. The van der Waals surface area contributed by atoms with Gasteiger partial charge in [-0.3, -0.25) is 9.89 Å². The van der Waals surface area contributed by atoms with Crippen molar-refractivity contribution in [2.75, 3.05) is 0 Å². The molecule has 2 aromatic rings. The van der Waals surface area contributed by atoms with Crippen molar-refractivity contribution in [3.05, 3.63) is 39.3 Å². The van der Waals surface area contributed by atoms with E-state index in [1.165, 1.54) is 23.3 Å². The van der Waals surface area contributed by atoms with E-state index in [4.69, 9.17) is 0 Å². The van der Waals surface area contributed by atoms with Gasteiger partial charge in [0.2, 0.25) is 0 Å². The molecule has 1 unspecified atom stereocenters. The smallest absolute Gasteiger partial charge is 0.261 e. The van der Waals surface area contributed by atoms with Crippen LogP contribution in [0.15, 0.2) is 18.5 Å². The summed E-state index contributed by atoms with van der Waals surface area (Å²) in [6, 6.07) is 2.04. The molecule has 0 spiro atoms. The molecule has 0 bridgehead atoms. The zero-order chi connectivity index (χ0) is 13.2. The highest BCUT2D eigenvalue weighted by atomic mass is 32.1. The van der Waals surface area contributed by atoms with Crippen LogP contribution in [0.1, 0.15) is 51.5 Å². The number of carbonyl (C=O) groups excluding carboxylic acids is 1. The minimum Gasteiger partial charge on any atom is -0.345 e. The van der Waals surface area contributed by atoms with Gasteiger partial charge in [0, 0.05) is 16.6 Å². The molecule has 0 saturated heterocycles. The molecule has 5 heteroatoms. The number of thiophene rings is 1. The van der Waals surface area contributed by atoms with Crippen LogP contribution in [-0.2, 0) is 12.8 Å². The second-order valence-electron chi connectivity index (χ2n) is 4.99. The lowest BCUT2D eigenvalue weighted by atomic mass is 9.99. The van der Waals surface area contributed by atoms with Gasteiger partial charge in [0.1, 0.15) is 0 Å². The molecule has 100 valence electrons. The molecule has 1 aliphatic carbocycles. The highest BCUT2D eigenvalue weighted by Gasteiger charge is 2.18. The van der Waals surface area contributed by atoms with Crippen molar-refractivity contribution >= 4 is 17.2 Å². The highest BCUT2D eigenvalue weighted by Crippen LogP contribution is 2.29. The number of aromatic amines is 1. The van der Waals surface area contributed by atoms with Crippen molar-refractivity contribution in [3.63, 3.8) is 0 Å². The number of rotatable bonds is 3. The zero-order valence-corrected chi connectivity index (χ0v) is 11.7. The first-order chi connectivity index (χ1) is 9.24. The standard InChI is InChI=1S/C14H17N3OS/c1-9(11-7-15-16-8-11)17-14(18)13-6-10-4-2-3-5-12(10)19-13/h6-9H,2-5H2,1H3,(H,15,16)(H,17,18). The Balaban J connectivity index is 1.72. The first-order valence-corrected chi connectivity index (χ1v) is 7.47. The van der Waals surface area contributed by atoms with Crippen LogP contribution in [-0.4, -0.2) is 16.1 Å². The summed E-state index contributed by atoms with van der Waals surface area (Å²) in [7, 11) is 0. The van der Waals surface area contributed by atoms with E-state index in [1.54, 1.807) is 17.5 Å². The van der Waals surface area contributed by atoms with Gasteiger partial charge in [-0.1, -0.05) is 0 Å². The number of amides is 1. The second-order valence-corrected chi connectivity index (χ2v) is 6.13. The number of H-pyrrole nitrogens is 1. The summed E-state index contributed by atoms with van der Waals surface area (Å²) in [5.74, 6) is 0.0214. The molecule has 3 rings (SSSR count). The van der Waals surface area contributed by atoms with Crippen molar-refractivity contribution < 1.29 is 4.79 Å². The van der Waals surface area contributed by atoms with E-state index < -0.39 is 0 Å². The summed E-state index contributed by atoms with van der Waals surface area (Å²) in [4.78, 5) is 14.5. The minimum absolute atomic E-state index is 0.0214. The first kappa shape index (κ1) is 12.4. The Hall–Kier alpha value is -1.62. The normalized spacial score (nSPS) is 15.8. The van der Waals surface area contributed by atoms with Crippen LogP contribution in [0.25, 0.3) is 0 Å². The fourth-order valence-electron chi connectivity index (χ4n) is 2.45. The lowest BCUT2D eigenvalue weighted by molar-refractivity contribution is 0.0944. The fraction of sp³-hybridized carbons (Fsp3) is 0.429. The van der Waals surface area contributed by atoms with Crippen molar-refractivity contribution in [3.8, 4) is 0 Å². The van der Waals surface area contributed by atoms with E-state index in [2.05, 4.69) is 21.6 Å². The molecule has 0 aromatic carbocycles. The molecule has 0 saturated carbocycles. The quantitative estimate of drug-likeness (QED) is 0.905. The maximum atomic E-state index is 12.2. The molecule has 2 N–H and O–H groups in total. The summed E-state index contributed by atoms with van der Waals surface area (Å²) >= 11 is 1.65. The number of hydrogen-bond donors (Lipinski definition) is 2. The van der Waals surface area contributed by atoms with Crippen LogP contribution in [0, 0.1) is 0 Å². The van der Waals surface area contributed by atoms with Crippen LogP contribution < -0.4 is 5.32 Å². The largest absolute Gasteiger partial charge is 0.345 e. The van der Waals surface area contributed by atoms with Crippen molar-refractivity contribution in [2.24, 2.45) is 0 Å². The van der Waals surface area contributed by atoms with Gasteiger partial charge >= 0.3 is 0 Å². The molecule has 1 amide bonds. The van der Waals surface area contributed by atoms with Crippen molar-refractivity contribution in [1.29, 1.82) is 0 Å². The molecule has 0 fully saturated rings. The molecular weight excluding hydrogens is 258 g/mol. The zero-order valence-electron chi connectivity index (χ0n) is 10.9. The van der Waals surface area contributed by atoms with Gasteiger partial charge < -0.3 is 5.32 Å².